The largest absolute Gasteiger partial charge is 0.271 e. The molecule has 0 saturated heterocycles. The lowest BCUT2D eigenvalue weighted by atomic mass is 10.1. The molecular weight excluding hydrogens is 250 g/mol. The minimum atomic E-state index is 0.114. The third-order valence-electron chi connectivity index (χ3n) is 2.67. The van der Waals surface area contributed by atoms with Gasteiger partial charge in [-0.2, -0.15) is 0 Å². The number of hydrazine groups is 1. The number of thiazole rings is 1. The zero-order chi connectivity index (χ0) is 12.3. The van der Waals surface area contributed by atoms with Gasteiger partial charge in [-0.3, -0.25) is 11.3 Å². The van der Waals surface area contributed by atoms with Crippen LogP contribution in [0.3, 0.4) is 0 Å². The van der Waals surface area contributed by atoms with Gasteiger partial charge in [0.25, 0.3) is 0 Å². The van der Waals surface area contributed by atoms with Crippen LogP contribution in [-0.4, -0.2) is 4.98 Å². The van der Waals surface area contributed by atoms with Crippen molar-refractivity contribution in [1.82, 2.24) is 10.4 Å². The van der Waals surface area contributed by atoms with Crippen molar-refractivity contribution in [3.8, 4) is 0 Å². The van der Waals surface area contributed by atoms with Crippen LogP contribution in [0.5, 0.6) is 0 Å². The third-order valence-corrected chi connectivity index (χ3v) is 4.71. The zero-order valence-electron chi connectivity index (χ0n) is 10.1. The lowest BCUT2D eigenvalue weighted by Crippen LogP contribution is -2.29. The van der Waals surface area contributed by atoms with Gasteiger partial charge in [0.15, 0.2) is 0 Å². The van der Waals surface area contributed by atoms with Crippen LogP contribution in [0.4, 0.5) is 0 Å². The first kappa shape index (κ1) is 12.7. The molecule has 0 aliphatic heterocycles. The minimum absolute atomic E-state index is 0.114. The number of hydrogen-bond acceptors (Lipinski definition) is 5. The molecule has 0 spiro atoms. The summed E-state index contributed by atoms with van der Waals surface area (Å²) in [4.78, 5) is 7.26. The van der Waals surface area contributed by atoms with Crippen LogP contribution in [-0.2, 0) is 12.8 Å². The van der Waals surface area contributed by atoms with E-state index >= 15 is 0 Å². The second kappa shape index (κ2) is 5.73. The molecule has 0 aliphatic rings. The summed E-state index contributed by atoms with van der Waals surface area (Å²) < 4.78 is 0. The van der Waals surface area contributed by atoms with Gasteiger partial charge in [0, 0.05) is 21.6 Å². The van der Waals surface area contributed by atoms with Crippen molar-refractivity contribution >= 4 is 22.7 Å². The Hall–Kier alpha value is -0.750. The minimum Gasteiger partial charge on any atom is -0.271 e. The summed E-state index contributed by atoms with van der Waals surface area (Å²) in [5.74, 6) is 5.62. The van der Waals surface area contributed by atoms with E-state index in [1.165, 1.54) is 9.75 Å². The molecule has 1 unspecified atom stereocenters. The summed E-state index contributed by atoms with van der Waals surface area (Å²) in [6, 6.07) is 4.50. The highest BCUT2D eigenvalue weighted by molar-refractivity contribution is 7.12. The normalized spacial score (nSPS) is 12.9. The van der Waals surface area contributed by atoms with Gasteiger partial charge in [-0.25, -0.2) is 4.98 Å². The molecule has 92 valence electrons. The molecule has 17 heavy (non-hydrogen) atoms. The Morgan fingerprint density at radius 2 is 2.18 bits per heavy atom. The molecule has 0 amide bonds. The maximum atomic E-state index is 5.62. The Bertz CT molecular complexity index is 476. The molecule has 1 atom stereocenters. The molecule has 5 heteroatoms. The molecule has 0 aliphatic carbocycles. The van der Waals surface area contributed by atoms with Crippen LogP contribution in [0.15, 0.2) is 17.5 Å². The third kappa shape index (κ3) is 3.13. The maximum Gasteiger partial charge on any atom is 0.0898 e. The number of aryl methyl sites for hydroxylation is 2. The molecule has 3 N–H and O–H groups in total. The lowest BCUT2D eigenvalue weighted by Gasteiger charge is -2.11. The SMILES string of the molecule is CCc1ccc(CC(NN)c2csc(C)n2)s1. The van der Waals surface area contributed by atoms with Crippen molar-refractivity contribution < 1.29 is 0 Å². The molecule has 2 rings (SSSR count). The summed E-state index contributed by atoms with van der Waals surface area (Å²) in [5.41, 5.74) is 3.90. The zero-order valence-corrected chi connectivity index (χ0v) is 11.7. The van der Waals surface area contributed by atoms with Gasteiger partial charge in [0.05, 0.1) is 16.7 Å². The average Bonchev–Trinajstić information content (AvgIpc) is 2.94. The first-order valence-corrected chi connectivity index (χ1v) is 7.38. The van der Waals surface area contributed by atoms with Crippen LogP contribution in [0.1, 0.15) is 33.4 Å². The van der Waals surface area contributed by atoms with Crippen molar-refractivity contribution in [2.24, 2.45) is 5.84 Å². The smallest absolute Gasteiger partial charge is 0.0898 e. The number of nitrogens with one attached hydrogen (secondary N) is 1. The predicted molar refractivity (Wildman–Crippen MR) is 74.3 cm³/mol. The molecule has 2 aromatic heterocycles. The van der Waals surface area contributed by atoms with Gasteiger partial charge < -0.3 is 0 Å². The standard InChI is InChI=1S/C12H17N3S2/c1-3-9-4-5-10(17-9)6-11(15-13)12-7-16-8(2)14-12/h4-5,7,11,15H,3,6,13H2,1-2H3. The quantitative estimate of drug-likeness (QED) is 0.647. The highest BCUT2D eigenvalue weighted by Gasteiger charge is 2.14. The van der Waals surface area contributed by atoms with Crippen molar-refractivity contribution in [3.63, 3.8) is 0 Å². The van der Waals surface area contributed by atoms with Gasteiger partial charge in [-0.15, -0.1) is 22.7 Å². The fourth-order valence-corrected chi connectivity index (χ4v) is 3.38. The van der Waals surface area contributed by atoms with E-state index in [1.807, 2.05) is 18.3 Å². The first-order valence-electron chi connectivity index (χ1n) is 5.68. The number of nitrogens with two attached hydrogens (primary N) is 1. The van der Waals surface area contributed by atoms with E-state index in [1.54, 1.807) is 11.3 Å². The summed E-state index contributed by atoms with van der Waals surface area (Å²) >= 11 is 3.52. The lowest BCUT2D eigenvalue weighted by molar-refractivity contribution is 0.544. The fourth-order valence-electron chi connectivity index (χ4n) is 1.71. The Balaban J connectivity index is 2.09. The van der Waals surface area contributed by atoms with Crippen molar-refractivity contribution in [3.05, 3.63) is 38.0 Å². The van der Waals surface area contributed by atoms with Crippen LogP contribution >= 0.6 is 22.7 Å². The van der Waals surface area contributed by atoms with Gasteiger partial charge in [0.1, 0.15) is 0 Å². The topological polar surface area (TPSA) is 50.9 Å². The van der Waals surface area contributed by atoms with Crippen LogP contribution < -0.4 is 11.3 Å². The number of rotatable bonds is 5. The van der Waals surface area contributed by atoms with Gasteiger partial charge >= 0.3 is 0 Å². The van der Waals surface area contributed by atoms with Crippen LogP contribution in [0.25, 0.3) is 0 Å². The van der Waals surface area contributed by atoms with Gasteiger partial charge in [-0.1, -0.05) is 6.92 Å². The Morgan fingerprint density at radius 1 is 1.41 bits per heavy atom. The van der Waals surface area contributed by atoms with E-state index in [0.29, 0.717) is 0 Å². The second-order valence-electron chi connectivity index (χ2n) is 3.94. The average molecular weight is 267 g/mol. The van der Waals surface area contributed by atoms with E-state index in [-0.39, 0.29) is 6.04 Å². The molecule has 0 aromatic carbocycles. The predicted octanol–water partition coefficient (Wildman–Crippen LogP) is 2.82. The van der Waals surface area contributed by atoms with E-state index in [2.05, 4.69) is 34.8 Å². The molecule has 0 radical (unpaired) electrons. The molecule has 2 heterocycles. The molecule has 0 bridgehead atoms. The Labute approximate surface area is 110 Å². The van der Waals surface area contributed by atoms with Crippen molar-refractivity contribution in [2.75, 3.05) is 0 Å². The highest BCUT2D eigenvalue weighted by Crippen LogP contribution is 2.24. The van der Waals surface area contributed by atoms with Crippen molar-refractivity contribution in [2.45, 2.75) is 32.7 Å². The van der Waals surface area contributed by atoms with Crippen LogP contribution in [0, 0.1) is 6.92 Å². The Kier molecular flexibility index (Phi) is 4.28. The summed E-state index contributed by atoms with van der Waals surface area (Å²) in [7, 11) is 0. The van der Waals surface area contributed by atoms with Gasteiger partial charge in [0.2, 0.25) is 0 Å². The highest BCUT2D eigenvalue weighted by atomic mass is 32.1. The summed E-state index contributed by atoms with van der Waals surface area (Å²) in [6.45, 7) is 4.19. The molecule has 0 fully saturated rings. The molecule has 0 saturated carbocycles. The van der Waals surface area contributed by atoms with E-state index in [9.17, 15) is 0 Å². The van der Waals surface area contributed by atoms with E-state index < -0.39 is 0 Å². The molecule has 3 nitrogen and oxygen atoms in total. The fraction of sp³-hybridized carbons (Fsp3) is 0.417. The Morgan fingerprint density at radius 3 is 2.71 bits per heavy atom. The second-order valence-corrected chi connectivity index (χ2v) is 6.25. The summed E-state index contributed by atoms with van der Waals surface area (Å²) in [5, 5.41) is 3.16. The number of aromatic nitrogens is 1. The molecule has 2 aromatic rings. The molecular formula is C12H17N3S2. The van der Waals surface area contributed by atoms with Gasteiger partial charge in [-0.05, 0) is 25.5 Å². The van der Waals surface area contributed by atoms with Crippen LogP contribution in [0.2, 0.25) is 0 Å². The van der Waals surface area contributed by atoms with E-state index in [4.69, 9.17) is 5.84 Å². The summed E-state index contributed by atoms with van der Waals surface area (Å²) in [6.07, 6.45) is 2.01. The maximum absolute atomic E-state index is 5.62. The monoisotopic (exact) mass is 267 g/mol. The van der Waals surface area contributed by atoms with E-state index in [0.717, 1.165) is 23.5 Å². The number of thiophene rings is 1. The van der Waals surface area contributed by atoms with Crippen molar-refractivity contribution in [1.29, 1.82) is 0 Å². The number of nitrogens with zero attached hydrogens (tertiary/aromatic N) is 1. The number of hydrogen-bond donors (Lipinski definition) is 2. The first-order chi connectivity index (χ1) is 8.22.